The average Bonchev–Trinajstić information content (AvgIpc) is 3.07. The number of aliphatic hydroxyl groups is 1. The quantitative estimate of drug-likeness (QED) is 0.540. The Kier molecular flexibility index (Phi) is 7.32. The molecule has 5 nitrogen and oxygen atoms in total. The normalized spacial score (nSPS) is 25.4. The monoisotopic (exact) mass is 358 g/mol. The summed E-state index contributed by atoms with van der Waals surface area (Å²) in [7, 11) is 0. The van der Waals surface area contributed by atoms with Crippen LogP contribution in [0.1, 0.15) is 44.6 Å². The zero-order valence-electron chi connectivity index (χ0n) is 16.0. The van der Waals surface area contributed by atoms with E-state index >= 15 is 0 Å². The van der Waals surface area contributed by atoms with Gasteiger partial charge in [0.15, 0.2) is 5.96 Å². The second-order valence-electron chi connectivity index (χ2n) is 7.66. The highest BCUT2D eigenvalue weighted by Gasteiger charge is 2.25. The molecule has 0 aromatic heterocycles. The Labute approximate surface area is 157 Å². The fraction of sp³-hybridized carbons (Fsp3) is 0.667. The topological polar surface area (TPSA) is 59.9 Å². The van der Waals surface area contributed by atoms with Crippen molar-refractivity contribution in [2.24, 2.45) is 10.9 Å². The number of aliphatic hydroxyl groups excluding tert-OH is 1. The predicted octanol–water partition coefficient (Wildman–Crippen LogP) is 2.37. The highest BCUT2D eigenvalue weighted by molar-refractivity contribution is 5.80. The molecule has 2 unspecified atom stereocenters. The minimum absolute atomic E-state index is 0.164. The molecule has 2 atom stereocenters. The van der Waals surface area contributed by atoms with Crippen LogP contribution in [0.15, 0.2) is 35.3 Å². The molecule has 1 aliphatic carbocycles. The minimum Gasteiger partial charge on any atom is -0.393 e. The molecule has 1 aromatic rings. The van der Waals surface area contributed by atoms with Gasteiger partial charge in [-0.3, -0.25) is 9.89 Å². The summed E-state index contributed by atoms with van der Waals surface area (Å²) in [5.41, 5.74) is 1.39. The molecule has 0 spiro atoms. The van der Waals surface area contributed by atoms with Gasteiger partial charge in [0.25, 0.3) is 0 Å². The summed E-state index contributed by atoms with van der Waals surface area (Å²) in [6.07, 6.45) is 5.28. The number of nitrogens with zero attached hydrogens (tertiary/aromatic N) is 2. The van der Waals surface area contributed by atoms with Crippen molar-refractivity contribution in [2.75, 3.05) is 26.2 Å². The van der Waals surface area contributed by atoms with Gasteiger partial charge in [-0.15, -0.1) is 0 Å². The molecular weight excluding hydrogens is 324 g/mol. The van der Waals surface area contributed by atoms with Gasteiger partial charge in [-0.25, -0.2) is 0 Å². The van der Waals surface area contributed by atoms with Gasteiger partial charge in [0.1, 0.15) is 0 Å². The van der Waals surface area contributed by atoms with Crippen LogP contribution in [-0.4, -0.2) is 54.3 Å². The fourth-order valence-corrected chi connectivity index (χ4v) is 4.03. The van der Waals surface area contributed by atoms with Gasteiger partial charge in [-0.2, -0.15) is 0 Å². The maximum atomic E-state index is 9.99. The lowest BCUT2D eigenvalue weighted by atomic mass is 10.0. The SMILES string of the molecule is CCNC(=NCC1CCCC1O)NC1CCN(Cc2ccccc2)CC1. The number of nitrogens with one attached hydrogen (secondary N) is 2. The first-order chi connectivity index (χ1) is 12.7. The first kappa shape index (κ1) is 19.2. The van der Waals surface area contributed by atoms with Crippen LogP contribution >= 0.6 is 0 Å². The molecular formula is C21H34N4O. The summed E-state index contributed by atoms with van der Waals surface area (Å²) >= 11 is 0. The van der Waals surface area contributed by atoms with Gasteiger partial charge >= 0.3 is 0 Å². The molecule has 1 heterocycles. The van der Waals surface area contributed by atoms with E-state index in [9.17, 15) is 5.11 Å². The number of rotatable bonds is 6. The molecule has 2 aliphatic rings. The molecule has 144 valence electrons. The fourth-order valence-electron chi connectivity index (χ4n) is 4.03. The number of likely N-dealkylation sites (tertiary alicyclic amines) is 1. The Morgan fingerprint density at radius 1 is 1.15 bits per heavy atom. The Hall–Kier alpha value is -1.59. The zero-order chi connectivity index (χ0) is 18.2. The first-order valence-electron chi connectivity index (χ1n) is 10.2. The second-order valence-corrected chi connectivity index (χ2v) is 7.66. The van der Waals surface area contributed by atoms with E-state index < -0.39 is 0 Å². The van der Waals surface area contributed by atoms with E-state index in [1.807, 2.05) is 0 Å². The largest absolute Gasteiger partial charge is 0.393 e. The van der Waals surface area contributed by atoms with Crippen LogP contribution in [0.3, 0.4) is 0 Å². The Morgan fingerprint density at radius 2 is 1.92 bits per heavy atom. The first-order valence-corrected chi connectivity index (χ1v) is 10.2. The molecule has 1 aliphatic heterocycles. The summed E-state index contributed by atoms with van der Waals surface area (Å²) in [4.78, 5) is 7.28. The van der Waals surface area contributed by atoms with E-state index in [4.69, 9.17) is 4.99 Å². The molecule has 0 amide bonds. The van der Waals surface area contributed by atoms with E-state index in [2.05, 4.69) is 52.8 Å². The number of aliphatic imine (C=N–C) groups is 1. The van der Waals surface area contributed by atoms with E-state index in [0.29, 0.717) is 12.0 Å². The number of guanidine groups is 1. The third-order valence-corrected chi connectivity index (χ3v) is 5.62. The van der Waals surface area contributed by atoms with Gasteiger partial charge in [-0.05, 0) is 38.2 Å². The Bertz CT molecular complexity index is 554. The number of hydrogen-bond donors (Lipinski definition) is 3. The lowest BCUT2D eigenvalue weighted by Crippen LogP contribution is -2.48. The van der Waals surface area contributed by atoms with E-state index in [1.54, 1.807) is 0 Å². The molecule has 1 saturated heterocycles. The van der Waals surface area contributed by atoms with Crippen LogP contribution < -0.4 is 10.6 Å². The summed E-state index contributed by atoms with van der Waals surface area (Å²) in [5.74, 6) is 1.24. The predicted molar refractivity (Wildman–Crippen MR) is 107 cm³/mol. The van der Waals surface area contributed by atoms with Crippen molar-refractivity contribution in [2.45, 2.75) is 57.7 Å². The van der Waals surface area contributed by atoms with Gasteiger partial charge in [0.2, 0.25) is 0 Å². The van der Waals surface area contributed by atoms with Gasteiger partial charge in [-0.1, -0.05) is 36.8 Å². The van der Waals surface area contributed by atoms with Crippen molar-refractivity contribution in [3.05, 3.63) is 35.9 Å². The summed E-state index contributed by atoms with van der Waals surface area (Å²) in [6.45, 7) is 6.97. The van der Waals surface area contributed by atoms with Crippen molar-refractivity contribution in [1.82, 2.24) is 15.5 Å². The Balaban J connectivity index is 1.45. The number of hydrogen-bond acceptors (Lipinski definition) is 3. The summed E-state index contributed by atoms with van der Waals surface area (Å²) < 4.78 is 0. The lowest BCUT2D eigenvalue weighted by Gasteiger charge is -2.33. The third kappa shape index (κ3) is 5.71. The molecule has 3 rings (SSSR count). The second kappa shape index (κ2) is 9.93. The smallest absolute Gasteiger partial charge is 0.191 e. The molecule has 0 bridgehead atoms. The average molecular weight is 359 g/mol. The third-order valence-electron chi connectivity index (χ3n) is 5.62. The van der Waals surface area contributed by atoms with Gasteiger partial charge in [0, 0.05) is 44.7 Å². The summed E-state index contributed by atoms with van der Waals surface area (Å²) in [6, 6.07) is 11.2. The van der Waals surface area contributed by atoms with Crippen LogP contribution in [0.5, 0.6) is 0 Å². The molecule has 1 saturated carbocycles. The van der Waals surface area contributed by atoms with Crippen LogP contribution in [0.4, 0.5) is 0 Å². The molecule has 2 fully saturated rings. The molecule has 26 heavy (non-hydrogen) atoms. The molecule has 0 radical (unpaired) electrons. The highest BCUT2D eigenvalue weighted by atomic mass is 16.3. The van der Waals surface area contributed by atoms with Gasteiger partial charge < -0.3 is 15.7 Å². The van der Waals surface area contributed by atoms with Crippen molar-refractivity contribution in [1.29, 1.82) is 0 Å². The van der Waals surface area contributed by atoms with Crippen LogP contribution in [-0.2, 0) is 6.54 Å². The summed E-state index contributed by atoms with van der Waals surface area (Å²) in [5, 5.41) is 17.0. The maximum absolute atomic E-state index is 9.99. The van der Waals surface area contributed by atoms with Crippen LogP contribution in [0, 0.1) is 5.92 Å². The van der Waals surface area contributed by atoms with Gasteiger partial charge in [0.05, 0.1) is 6.10 Å². The highest BCUT2D eigenvalue weighted by Crippen LogP contribution is 2.25. The van der Waals surface area contributed by atoms with E-state index in [1.165, 1.54) is 5.56 Å². The Morgan fingerprint density at radius 3 is 2.58 bits per heavy atom. The number of benzene rings is 1. The van der Waals surface area contributed by atoms with E-state index in [0.717, 1.165) is 70.8 Å². The zero-order valence-corrected chi connectivity index (χ0v) is 16.0. The van der Waals surface area contributed by atoms with Crippen molar-refractivity contribution < 1.29 is 5.11 Å². The molecule has 1 aromatic carbocycles. The standard InChI is InChI=1S/C21H34N4O/c1-2-22-21(23-15-18-9-6-10-20(18)26)24-19-11-13-25(14-12-19)16-17-7-4-3-5-8-17/h3-5,7-8,18-20,26H,2,6,9-16H2,1H3,(H2,22,23,24). The van der Waals surface area contributed by atoms with Crippen molar-refractivity contribution in [3.8, 4) is 0 Å². The van der Waals surface area contributed by atoms with Crippen LogP contribution in [0.2, 0.25) is 0 Å². The number of piperidine rings is 1. The molecule has 5 heteroatoms. The molecule has 3 N–H and O–H groups in total. The van der Waals surface area contributed by atoms with Crippen molar-refractivity contribution in [3.63, 3.8) is 0 Å². The minimum atomic E-state index is -0.164. The van der Waals surface area contributed by atoms with Crippen LogP contribution in [0.25, 0.3) is 0 Å². The maximum Gasteiger partial charge on any atom is 0.191 e. The van der Waals surface area contributed by atoms with Crippen molar-refractivity contribution >= 4 is 5.96 Å². The lowest BCUT2D eigenvalue weighted by molar-refractivity contribution is 0.136. The van der Waals surface area contributed by atoms with E-state index in [-0.39, 0.29) is 6.10 Å².